The summed E-state index contributed by atoms with van der Waals surface area (Å²) in [6.45, 7) is 2.38. The molecule has 1 fully saturated rings. The SMILES string of the molecule is Cc1ccc(NC(=O)C2=CCCCC2)cc1N1Cc2cnc(N)nc2C2(CC2)C1=O. The summed E-state index contributed by atoms with van der Waals surface area (Å²) in [4.78, 5) is 36.4. The average molecular weight is 403 g/mol. The normalized spacial score (nSPS) is 19.3. The van der Waals surface area contributed by atoms with Crippen molar-refractivity contribution in [2.75, 3.05) is 16.0 Å². The third-order valence-electron chi connectivity index (χ3n) is 6.41. The zero-order chi connectivity index (χ0) is 20.9. The van der Waals surface area contributed by atoms with E-state index < -0.39 is 5.41 Å². The number of amides is 2. The van der Waals surface area contributed by atoms with Crippen LogP contribution in [0.25, 0.3) is 0 Å². The lowest BCUT2D eigenvalue weighted by molar-refractivity contribution is -0.121. The zero-order valence-corrected chi connectivity index (χ0v) is 17.1. The van der Waals surface area contributed by atoms with E-state index in [1.165, 1.54) is 0 Å². The molecule has 3 aliphatic rings. The summed E-state index contributed by atoms with van der Waals surface area (Å²) in [7, 11) is 0. The highest BCUT2D eigenvalue weighted by Crippen LogP contribution is 2.53. The van der Waals surface area contributed by atoms with Crippen LogP contribution in [0.3, 0.4) is 0 Å². The lowest BCUT2D eigenvalue weighted by atomic mass is 9.91. The molecule has 1 saturated carbocycles. The van der Waals surface area contributed by atoms with Crippen LogP contribution >= 0.6 is 0 Å². The van der Waals surface area contributed by atoms with Gasteiger partial charge in [0, 0.05) is 28.7 Å². The van der Waals surface area contributed by atoms with Gasteiger partial charge in [-0.2, -0.15) is 0 Å². The highest BCUT2D eigenvalue weighted by atomic mass is 16.2. The topological polar surface area (TPSA) is 101 Å². The van der Waals surface area contributed by atoms with E-state index >= 15 is 0 Å². The Bertz CT molecular complexity index is 1090. The summed E-state index contributed by atoms with van der Waals surface area (Å²) < 4.78 is 0. The van der Waals surface area contributed by atoms with Crippen molar-refractivity contribution in [1.29, 1.82) is 0 Å². The van der Waals surface area contributed by atoms with Crippen molar-refractivity contribution in [3.63, 3.8) is 0 Å². The van der Waals surface area contributed by atoms with Crippen molar-refractivity contribution < 1.29 is 9.59 Å². The summed E-state index contributed by atoms with van der Waals surface area (Å²) in [5.74, 6) is 0.205. The van der Waals surface area contributed by atoms with E-state index in [9.17, 15) is 9.59 Å². The second-order valence-corrected chi connectivity index (χ2v) is 8.51. The molecule has 7 heteroatoms. The van der Waals surface area contributed by atoms with Crippen molar-refractivity contribution >= 4 is 29.1 Å². The van der Waals surface area contributed by atoms with Gasteiger partial charge in [0.05, 0.1) is 17.7 Å². The minimum Gasteiger partial charge on any atom is -0.368 e. The molecule has 1 aliphatic heterocycles. The molecule has 1 aromatic carbocycles. The molecule has 2 aliphatic carbocycles. The molecule has 0 unspecified atom stereocenters. The average Bonchev–Trinajstić information content (AvgIpc) is 3.55. The highest BCUT2D eigenvalue weighted by Gasteiger charge is 2.58. The summed E-state index contributed by atoms with van der Waals surface area (Å²) in [5.41, 5.74) is 10.2. The fourth-order valence-corrected chi connectivity index (χ4v) is 4.56. The Kier molecular flexibility index (Phi) is 4.34. The maximum atomic E-state index is 13.4. The number of allylic oxidation sites excluding steroid dienone is 1. The van der Waals surface area contributed by atoms with Crippen LogP contribution in [-0.4, -0.2) is 21.8 Å². The van der Waals surface area contributed by atoms with Crippen LogP contribution in [0.15, 0.2) is 36.0 Å². The standard InChI is InChI=1S/C23H25N5O2/c1-14-7-8-17(26-20(29)15-5-3-2-4-6-15)11-18(14)28-13-16-12-25-22(24)27-19(16)23(9-10-23)21(28)30/h5,7-8,11-12H,2-4,6,9-10,13H2,1H3,(H,26,29)(H2,24,25,27). The number of nitrogen functional groups attached to an aromatic ring is 1. The molecule has 0 atom stereocenters. The number of carbonyl (C=O) groups is 2. The number of rotatable bonds is 3. The molecule has 7 nitrogen and oxygen atoms in total. The summed E-state index contributed by atoms with van der Waals surface area (Å²) >= 11 is 0. The molecule has 5 rings (SSSR count). The number of benzene rings is 1. The molecule has 2 heterocycles. The van der Waals surface area contributed by atoms with E-state index in [-0.39, 0.29) is 17.8 Å². The number of nitrogens with two attached hydrogens (primary N) is 1. The van der Waals surface area contributed by atoms with E-state index in [1.807, 2.05) is 31.2 Å². The Morgan fingerprint density at radius 1 is 1.27 bits per heavy atom. The number of carbonyl (C=O) groups excluding carboxylic acids is 2. The van der Waals surface area contributed by atoms with Gasteiger partial charge in [-0.05, 0) is 63.1 Å². The number of aromatic nitrogens is 2. The molecule has 0 radical (unpaired) electrons. The molecule has 2 aromatic rings. The molecule has 3 N–H and O–H groups in total. The first-order valence-electron chi connectivity index (χ1n) is 10.5. The Morgan fingerprint density at radius 3 is 2.83 bits per heavy atom. The third-order valence-corrected chi connectivity index (χ3v) is 6.41. The van der Waals surface area contributed by atoms with E-state index in [0.717, 1.165) is 66.6 Å². The van der Waals surface area contributed by atoms with Crippen LogP contribution in [0.4, 0.5) is 17.3 Å². The molecule has 154 valence electrons. The maximum Gasteiger partial charge on any atom is 0.251 e. The van der Waals surface area contributed by atoms with E-state index in [1.54, 1.807) is 11.1 Å². The molecule has 2 amide bonds. The Labute approximate surface area is 175 Å². The first-order chi connectivity index (χ1) is 14.5. The van der Waals surface area contributed by atoms with Gasteiger partial charge in [-0.1, -0.05) is 12.1 Å². The maximum absolute atomic E-state index is 13.4. The van der Waals surface area contributed by atoms with Crippen LogP contribution in [0, 0.1) is 6.92 Å². The zero-order valence-electron chi connectivity index (χ0n) is 17.1. The number of aryl methyl sites for hydroxylation is 1. The second kappa shape index (κ2) is 6.93. The van der Waals surface area contributed by atoms with Crippen molar-refractivity contribution in [3.05, 3.63) is 52.9 Å². The van der Waals surface area contributed by atoms with Gasteiger partial charge in [-0.3, -0.25) is 9.59 Å². The number of hydrogen-bond acceptors (Lipinski definition) is 5. The molecule has 1 aromatic heterocycles. The summed E-state index contributed by atoms with van der Waals surface area (Å²) in [5, 5.41) is 3.01. The quantitative estimate of drug-likeness (QED) is 0.818. The van der Waals surface area contributed by atoms with Gasteiger partial charge >= 0.3 is 0 Å². The lowest BCUT2D eigenvalue weighted by Gasteiger charge is -2.34. The largest absolute Gasteiger partial charge is 0.368 e. The fraction of sp³-hybridized carbons (Fsp3) is 0.391. The Morgan fingerprint density at radius 2 is 2.10 bits per heavy atom. The van der Waals surface area contributed by atoms with Crippen LogP contribution in [0.5, 0.6) is 0 Å². The highest BCUT2D eigenvalue weighted by molar-refractivity contribution is 6.07. The summed E-state index contributed by atoms with van der Waals surface area (Å²) in [6.07, 6.45) is 9.27. The fourth-order valence-electron chi connectivity index (χ4n) is 4.56. The van der Waals surface area contributed by atoms with Crippen LogP contribution < -0.4 is 16.0 Å². The number of fused-ring (bicyclic) bond motifs is 2. The number of anilines is 3. The van der Waals surface area contributed by atoms with Gasteiger partial charge in [0.1, 0.15) is 0 Å². The van der Waals surface area contributed by atoms with E-state index in [2.05, 4.69) is 15.3 Å². The lowest BCUT2D eigenvalue weighted by Crippen LogP contribution is -2.45. The van der Waals surface area contributed by atoms with Crippen molar-refractivity contribution in [3.8, 4) is 0 Å². The molecule has 1 spiro atoms. The molecular weight excluding hydrogens is 378 g/mol. The van der Waals surface area contributed by atoms with Gasteiger partial charge in [0.25, 0.3) is 5.91 Å². The predicted molar refractivity (Wildman–Crippen MR) is 115 cm³/mol. The van der Waals surface area contributed by atoms with Gasteiger partial charge in [-0.25, -0.2) is 9.97 Å². The van der Waals surface area contributed by atoms with Gasteiger partial charge in [0.2, 0.25) is 11.9 Å². The molecule has 30 heavy (non-hydrogen) atoms. The second-order valence-electron chi connectivity index (χ2n) is 8.51. The van der Waals surface area contributed by atoms with Crippen LogP contribution in [0.2, 0.25) is 0 Å². The van der Waals surface area contributed by atoms with Crippen molar-refractivity contribution in [2.45, 2.75) is 57.4 Å². The summed E-state index contributed by atoms with van der Waals surface area (Å²) in [6, 6.07) is 5.73. The molecule has 0 saturated heterocycles. The van der Waals surface area contributed by atoms with Crippen molar-refractivity contribution in [1.82, 2.24) is 9.97 Å². The molecule has 0 bridgehead atoms. The Balaban J connectivity index is 1.46. The third kappa shape index (κ3) is 3.05. The van der Waals surface area contributed by atoms with E-state index in [4.69, 9.17) is 5.73 Å². The minimum absolute atomic E-state index is 0.0506. The predicted octanol–water partition coefficient (Wildman–Crippen LogP) is 3.38. The monoisotopic (exact) mass is 403 g/mol. The minimum atomic E-state index is -0.580. The van der Waals surface area contributed by atoms with Crippen molar-refractivity contribution in [2.24, 2.45) is 0 Å². The molecular formula is C23H25N5O2. The van der Waals surface area contributed by atoms with Crippen LogP contribution in [0.1, 0.15) is 55.3 Å². The number of hydrogen-bond donors (Lipinski definition) is 2. The van der Waals surface area contributed by atoms with Gasteiger partial charge in [-0.15, -0.1) is 0 Å². The number of nitrogens with one attached hydrogen (secondary N) is 1. The Hall–Kier alpha value is -3.22. The van der Waals surface area contributed by atoms with Crippen LogP contribution in [-0.2, 0) is 21.5 Å². The smallest absolute Gasteiger partial charge is 0.251 e. The van der Waals surface area contributed by atoms with Gasteiger partial charge in [0.15, 0.2) is 0 Å². The number of nitrogens with zero attached hydrogens (tertiary/aromatic N) is 3. The van der Waals surface area contributed by atoms with E-state index in [0.29, 0.717) is 12.2 Å². The first-order valence-corrected chi connectivity index (χ1v) is 10.5. The first kappa shape index (κ1) is 18.8. The van der Waals surface area contributed by atoms with Gasteiger partial charge < -0.3 is 16.0 Å².